The van der Waals surface area contributed by atoms with Crippen molar-refractivity contribution < 1.29 is 14.3 Å². The van der Waals surface area contributed by atoms with Gasteiger partial charge in [0, 0.05) is 4.75 Å². The average molecular weight is 336 g/mol. The third kappa shape index (κ3) is 2.11. The summed E-state index contributed by atoms with van der Waals surface area (Å²) in [5.41, 5.74) is 0.717. The van der Waals surface area contributed by atoms with Crippen LogP contribution in [0.2, 0.25) is 0 Å². The normalized spacial score (nSPS) is 26.3. The smallest absolute Gasteiger partial charge is 0.330 e. The Bertz CT molecular complexity index is 647. The predicted molar refractivity (Wildman–Crippen MR) is 89.6 cm³/mol. The van der Waals surface area contributed by atoms with E-state index in [0.717, 1.165) is 0 Å². The molecule has 2 heterocycles. The molecular formula is C15H16N2O3S2. The minimum Gasteiger partial charge on any atom is -0.467 e. The SMILES string of the molecule is COC(=O)[C@@H]1N2C(=S)N(c3ccccc3)C(=O)[C@H]2SC1(C)C. The maximum absolute atomic E-state index is 12.8. The van der Waals surface area contributed by atoms with Crippen LogP contribution in [0.25, 0.3) is 0 Å². The minimum absolute atomic E-state index is 0.110. The van der Waals surface area contributed by atoms with Gasteiger partial charge >= 0.3 is 5.97 Å². The van der Waals surface area contributed by atoms with Crippen LogP contribution in [0.3, 0.4) is 0 Å². The zero-order valence-corrected chi connectivity index (χ0v) is 14.1. The molecule has 0 aliphatic carbocycles. The summed E-state index contributed by atoms with van der Waals surface area (Å²) < 4.78 is 4.47. The second-order valence-corrected chi connectivity index (χ2v) is 7.80. The number of fused-ring (bicyclic) bond motifs is 1. The topological polar surface area (TPSA) is 49.9 Å². The lowest BCUT2D eigenvalue weighted by atomic mass is 10.0. The summed E-state index contributed by atoms with van der Waals surface area (Å²) >= 11 is 6.94. The first-order valence-corrected chi connectivity index (χ1v) is 8.14. The molecule has 2 saturated heterocycles. The lowest BCUT2D eigenvalue weighted by Gasteiger charge is -2.30. The molecule has 0 aromatic heterocycles. The number of anilines is 1. The molecule has 1 aromatic rings. The van der Waals surface area contributed by atoms with Gasteiger partial charge in [-0.2, -0.15) is 0 Å². The quantitative estimate of drug-likeness (QED) is 0.608. The number of rotatable bonds is 2. The Morgan fingerprint density at radius 3 is 2.55 bits per heavy atom. The van der Waals surface area contributed by atoms with Gasteiger partial charge in [0.2, 0.25) is 0 Å². The highest BCUT2D eigenvalue weighted by molar-refractivity contribution is 8.02. The number of hydrogen-bond donors (Lipinski definition) is 0. The molecule has 0 radical (unpaired) electrons. The number of para-hydroxylation sites is 1. The van der Waals surface area contributed by atoms with Crippen LogP contribution in [-0.4, -0.2) is 45.2 Å². The van der Waals surface area contributed by atoms with Gasteiger partial charge in [0.25, 0.3) is 5.91 Å². The number of methoxy groups -OCH3 is 1. The van der Waals surface area contributed by atoms with Gasteiger partial charge < -0.3 is 9.64 Å². The van der Waals surface area contributed by atoms with Crippen LogP contribution >= 0.6 is 24.0 Å². The van der Waals surface area contributed by atoms with Crippen LogP contribution in [0.15, 0.2) is 30.3 Å². The summed E-state index contributed by atoms with van der Waals surface area (Å²) in [5.74, 6) is -0.481. The zero-order chi connectivity index (χ0) is 16.1. The van der Waals surface area contributed by atoms with Crippen molar-refractivity contribution in [1.29, 1.82) is 0 Å². The van der Waals surface area contributed by atoms with E-state index >= 15 is 0 Å². The first-order valence-electron chi connectivity index (χ1n) is 6.85. The average Bonchev–Trinajstić information content (AvgIpc) is 2.90. The van der Waals surface area contributed by atoms with Crippen molar-refractivity contribution in [2.75, 3.05) is 12.0 Å². The van der Waals surface area contributed by atoms with E-state index in [2.05, 4.69) is 0 Å². The van der Waals surface area contributed by atoms with Gasteiger partial charge in [-0.15, -0.1) is 11.8 Å². The van der Waals surface area contributed by atoms with E-state index in [-0.39, 0.29) is 11.9 Å². The second-order valence-electron chi connectivity index (χ2n) is 5.70. The van der Waals surface area contributed by atoms with Crippen LogP contribution in [0, 0.1) is 0 Å². The minimum atomic E-state index is -0.572. The van der Waals surface area contributed by atoms with Crippen LogP contribution in [0.5, 0.6) is 0 Å². The van der Waals surface area contributed by atoms with E-state index in [1.54, 1.807) is 4.90 Å². The number of benzene rings is 1. The Hall–Kier alpha value is -1.60. The summed E-state index contributed by atoms with van der Waals surface area (Å²) in [4.78, 5) is 28.2. The predicted octanol–water partition coefficient (Wildman–Crippen LogP) is 2.01. The van der Waals surface area contributed by atoms with Crippen LogP contribution in [0.4, 0.5) is 5.69 Å². The lowest BCUT2D eigenvalue weighted by Crippen LogP contribution is -2.50. The molecule has 5 nitrogen and oxygen atoms in total. The van der Waals surface area contributed by atoms with Crippen molar-refractivity contribution in [1.82, 2.24) is 4.90 Å². The first-order chi connectivity index (χ1) is 10.4. The third-order valence-electron chi connectivity index (χ3n) is 3.89. The van der Waals surface area contributed by atoms with Crippen molar-refractivity contribution in [2.24, 2.45) is 0 Å². The van der Waals surface area contributed by atoms with Crippen LogP contribution in [-0.2, 0) is 14.3 Å². The summed E-state index contributed by atoms with van der Waals surface area (Å²) in [6, 6.07) is 8.67. The van der Waals surface area contributed by atoms with Crippen molar-refractivity contribution in [3.63, 3.8) is 0 Å². The van der Waals surface area contributed by atoms with E-state index < -0.39 is 16.2 Å². The summed E-state index contributed by atoms with van der Waals surface area (Å²) in [6.45, 7) is 3.86. The molecule has 2 aliphatic heterocycles. The molecule has 0 spiro atoms. The Morgan fingerprint density at radius 1 is 1.32 bits per heavy atom. The second kappa shape index (κ2) is 5.24. The fourth-order valence-electron chi connectivity index (χ4n) is 2.90. The Morgan fingerprint density at radius 2 is 1.95 bits per heavy atom. The van der Waals surface area contributed by atoms with Gasteiger partial charge in [0.1, 0.15) is 6.04 Å². The molecule has 2 fully saturated rings. The van der Waals surface area contributed by atoms with Gasteiger partial charge in [0.05, 0.1) is 12.8 Å². The van der Waals surface area contributed by atoms with Crippen molar-refractivity contribution >= 4 is 46.7 Å². The van der Waals surface area contributed by atoms with Crippen molar-refractivity contribution in [3.05, 3.63) is 30.3 Å². The standard InChI is InChI=1S/C15H16N2O3S2/c1-15(2)10(13(19)20-3)17-12(22-15)11(18)16(14(17)21)9-7-5-4-6-8-9/h4-8,10,12H,1-3H3/t10-,12+/m0/s1. The Balaban J connectivity index is 2.01. The summed E-state index contributed by atoms with van der Waals surface area (Å²) in [7, 11) is 1.35. The molecule has 7 heteroatoms. The van der Waals surface area contributed by atoms with E-state index in [1.165, 1.54) is 23.8 Å². The maximum atomic E-state index is 12.8. The number of esters is 1. The molecule has 22 heavy (non-hydrogen) atoms. The van der Waals surface area contributed by atoms with Gasteiger partial charge in [-0.05, 0) is 38.2 Å². The highest BCUT2D eigenvalue weighted by Crippen LogP contribution is 2.49. The monoisotopic (exact) mass is 336 g/mol. The van der Waals surface area contributed by atoms with Gasteiger partial charge in [-0.25, -0.2) is 4.79 Å². The Labute approximate surface area is 138 Å². The van der Waals surface area contributed by atoms with E-state index in [9.17, 15) is 9.59 Å². The molecular weight excluding hydrogens is 320 g/mol. The fourth-order valence-corrected chi connectivity index (χ4v) is 4.83. The number of thiocarbonyl (C=S) groups is 1. The van der Waals surface area contributed by atoms with E-state index in [1.807, 2.05) is 44.2 Å². The number of thioether (sulfide) groups is 1. The molecule has 0 bridgehead atoms. The molecule has 0 saturated carbocycles. The number of carbonyl (C=O) groups excluding carboxylic acids is 2. The van der Waals surface area contributed by atoms with Gasteiger partial charge in [-0.1, -0.05) is 18.2 Å². The third-order valence-corrected chi connectivity index (χ3v) is 5.76. The number of ether oxygens (including phenoxy) is 1. The molecule has 1 amide bonds. The number of hydrogen-bond acceptors (Lipinski definition) is 5. The summed E-state index contributed by atoms with van der Waals surface area (Å²) in [6.07, 6.45) is 0. The van der Waals surface area contributed by atoms with Crippen molar-refractivity contribution in [2.45, 2.75) is 30.0 Å². The lowest BCUT2D eigenvalue weighted by molar-refractivity contribution is -0.145. The zero-order valence-electron chi connectivity index (χ0n) is 12.5. The molecule has 0 N–H and O–H groups in total. The van der Waals surface area contributed by atoms with Crippen molar-refractivity contribution in [3.8, 4) is 0 Å². The summed E-state index contributed by atoms with van der Waals surface area (Å²) in [5, 5.41) is -0.124. The molecule has 1 aromatic carbocycles. The fraction of sp³-hybridized carbons (Fsp3) is 0.400. The van der Waals surface area contributed by atoms with E-state index in [0.29, 0.717) is 10.8 Å². The number of carbonyl (C=O) groups is 2. The molecule has 2 atom stereocenters. The maximum Gasteiger partial charge on any atom is 0.330 e. The van der Waals surface area contributed by atoms with Gasteiger partial charge in [-0.3, -0.25) is 9.69 Å². The number of amides is 1. The first kappa shape index (κ1) is 15.3. The van der Waals surface area contributed by atoms with Crippen LogP contribution in [0.1, 0.15) is 13.8 Å². The Kier molecular flexibility index (Phi) is 3.65. The molecule has 116 valence electrons. The highest BCUT2D eigenvalue weighted by atomic mass is 32.2. The van der Waals surface area contributed by atoms with Gasteiger partial charge in [0.15, 0.2) is 10.5 Å². The van der Waals surface area contributed by atoms with Crippen LogP contribution < -0.4 is 4.90 Å². The largest absolute Gasteiger partial charge is 0.467 e. The number of nitrogens with zero attached hydrogens (tertiary/aromatic N) is 2. The van der Waals surface area contributed by atoms with E-state index in [4.69, 9.17) is 17.0 Å². The molecule has 2 aliphatic rings. The molecule has 3 rings (SSSR count). The highest BCUT2D eigenvalue weighted by Gasteiger charge is 2.60. The molecule has 0 unspecified atom stereocenters.